The van der Waals surface area contributed by atoms with Gasteiger partial charge in [-0.05, 0) is 36.5 Å². The zero-order chi connectivity index (χ0) is 19.1. The summed E-state index contributed by atoms with van der Waals surface area (Å²) < 4.78 is 24.5. The number of fused-ring (bicyclic) bond motifs is 1. The van der Waals surface area contributed by atoms with E-state index in [1.807, 2.05) is 0 Å². The van der Waals surface area contributed by atoms with E-state index in [1.54, 1.807) is 6.07 Å². The molecule has 1 aromatic rings. The second-order valence-electron chi connectivity index (χ2n) is 7.05. The smallest absolute Gasteiger partial charge is 0.414 e. The van der Waals surface area contributed by atoms with Gasteiger partial charge in [0.15, 0.2) is 0 Å². The minimum Gasteiger partial charge on any atom is -0.453 e. The fourth-order valence-electron chi connectivity index (χ4n) is 3.48. The average Bonchev–Trinajstić information content (AvgIpc) is 3.29. The number of rotatable bonds is 5. The van der Waals surface area contributed by atoms with Crippen molar-refractivity contribution in [3.63, 3.8) is 0 Å². The summed E-state index contributed by atoms with van der Waals surface area (Å²) in [6.07, 6.45) is 0.454. The summed E-state index contributed by atoms with van der Waals surface area (Å²) in [5.74, 6) is -0.175. The highest BCUT2D eigenvalue weighted by Crippen LogP contribution is 2.39. The number of nitrogens with one attached hydrogen (secondary N) is 1. The molecule has 8 nitrogen and oxygen atoms in total. The Labute approximate surface area is 155 Å². The van der Waals surface area contributed by atoms with E-state index >= 15 is 0 Å². The van der Waals surface area contributed by atoms with Crippen LogP contribution < -0.4 is 15.1 Å². The lowest BCUT2D eigenvalue weighted by Crippen LogP contribution is -2.34. The van der Waals surface area contributed by atoms with Gasteiger partial charge in [0.25, 0.3) is 0 Å². The Morgan fingerprint density at radius 3 is 2.85 bits per heavy atom. The van der Waals surface area contributed by atoms with Gasteiger partial charge in [-0.2, -0.15) is 0 Å². The predicted molar refractivity (Wildman–Crippen MR) is 93.2 cm³/mol. The van der Waals surface area contributed by atoms with Gasteiger partial charge in [0.05, 0.1) is 38.0 Å². The number of carbonyl (C=O) groups excluding carboxylic acids is 3. The molecule has 144 valence electrons. The highest BCUT2D eigenvalue weighted by Gasteiger charge is 2.38. The molecule has 1 saturated heterocycles. The van der Waals surface area contributed by atoms with Gasteiger partial charge in [-0.25, -0.2) is 14.0 Å². The summed E-state index contributed by atoms with van der Waals surface area (Å²) >= 11 is 0. The Morgan fingerprint density at radius 1 is 1.37 bits per heavy atom. The molecule has 3 amide bonds. The van der Waals surface area contributed by atoms with Crippen molar-refractivity contribution in [2.75, 3.05) is 36.5 Å². The van der Waals surface area contributed by atoms with Crippen molar-refractivity contribution in [1.29, 1.82) is 0 Å². The Bertz CT molecular complexity index is 810. The molecule has 2 fully saturated rings. The molecule has 1 atom stereocenters. The second kappa shape index (κ2) is 6.71. The minimum atomic E-state index is -0.623. The van der Waals surface area contributed by atoms with E-state index in [9.17, 15) is 18.8 Å². The van der Waals surface area contributed by atoms with Crippen LogP contribution in [0.5, 0.6) is 0 Å². The van der Waals surface area contributed by atoms with Gasteiger partial charge >= 0.3 is 12.2 Å². The zero-order valence-electron chi connectivity index (χ0n) is 14.9. The Hall–Kier alpha value is -2.84. The maximum absolute atomic E-state index is 14.8. The second-order valence-corrected chi connectivity index (χ2v) is 7.05. The van der Waals surface area contributed by atoms with Gasteiger partial charge in [0, 0.05) is 6.54 Å². The van der Waals surface area contributed by atoms with E-state index in [0.717, 1.165) is 12.8 Å². The van der Waals surface area contributed by atoms with Crippen molar-refractivity contribution in [2.45, 2.75) is 25.4 Å². The van der Waals surface area contributed by atoms with Crippen molar-refractivity contribution in [3.05, 3.63) is 23.5 Å². The van der Waals surface area contributed by atoms with Crippen LogP contribution in [0.15, 0.2) is 12.1 Å². The quantitative estimate of drug-likeness (QED) is 0.846. The van der Waals surface area contributed by atoms with Gasteiger partial charge in [-0.15, -0.1) is 0 Å². The van der Waals surface area contributed by atoms with Crippen molar-refractivity contribution in [2.24, 2.45) is 5.92 Å². The Kier molecular flexibility index (Phi) is 4.37. The topological polar surface area (TPSA) is 88.2 Å². The summed E-state index contributed by atoms with van der Waals surface area (Å²) in [5, 5.41) is 2.47. The number of methoxy groups -OCH3 is 1. The molecule has 0 aromatic heterocycles. The number of cyclic esters (lactones) is 1. The predicted octanol–water partition coefficient (Wildman–Crippen LogP) is 1.81. The van der Waals surface area contributed by atoms with E-state index in [1.165, 1.54) is 23.0 Å². The third kappa shape index (κ3) is 3.41. The number of ether oxygens (including phenoxy) is 2. The fourth-order valence-corrected chi connectivity index (χ4v) is 3.48. The van der Waals surface area contributed by atoms with E-state index in [4.69, 9.17) is 4.74 Å². The molecule has 1 saturated carbocycles. The van der Waals surface area contributed by atoms with Crippen LogP contribution in [-0.2, 0) is 20.7 Å². The molecule has 3 aliphatic rings. The molecule has 2 heterocycles. The van der Waals surface area contributed by atoms with Gasteiger partial charge in [-0.3, -0.25) is 9.69 Å². The van der Waals surface area contributed by atoms with Crippen molar-refractivity contribution in [3.8, 4) is 0 Å². The number of hydrogen-bond acceptors (Lipinski definition) is 5. The van der Waals surface area contributed by atoms with Gasteiger partial charge < -0.3 is 19.7 Å². The Balaban J connectivity index is 1.51. The van der Waals surface area contributed by atoms with Gasteiger partial charge in [0.1, 0.15) is 11.9 Å². The first kappa shape index (κ1) is 17.6. The van der Waals surface area contributed by atoms with E-state index < -0.39 is 24.1 Å². The molecule has 0 bridgehead atoms. The SMILES string of the molecule is COC(=O)NCC1CN(c2cc(F)c3c(c2)CC(=O)N3CC2CC2)C(=O)O1. The third-order valence-corrected chi connectivity index (χ3v) is 5.02. The normalized spacial score (nSPS) is 21.3. The van der Waals surface area contributed by atoms with Crippen LogP contribution in [0.3, 0.4) is 0 Å². The highest BCUT2D eigenvalue weighted by molar-refractivity contribution is 6.02. The van der Waals surface area contributed by atoms with E-state index in [2.05, 4.69) is 10.1 Å². The highest BCUT2D eigenvalue weighted by atomic mass is 19.1. The first-order chi connectivity index (χ1) is 13.0. The molecule has 0 radical (unpaired) electrons. The largest absolute Gasteiger partial charge is 0.453 e. The molecule has 0 spiro atoms. The number of carbonyl (C=O) groups is 3. The summed E-state index contributed by atoms with van der Waals surface area (Å²) in [6, 6.07) is 2.93. The number of halogens is 1. The summed E-state index contributed by atoms with van der Waals surface area (Å²) in [7, 11) is 1.24. The van der Waals surface area contributed by atoms with Crippen LogP contribution in [0.2, 0.25) is 0 Å². The molecule has 1 aromatic carbocycles. The molecule has 1 aliphatic carbocycles. The summed E-state index contributed by atoms with van der Waals surface area (Å²) in [5.41, 5.74) is 1.25. The number of anilines is 2. The maximum Gasteiger partial charge on any atom is 0.414 e. The molecule has 4 rings (SSSR count). The van der Waals surface area contributed by atoms with Crippen LogP contribution in [0.1, 0.15) is 18.4 Å². The number of hydrogen-bond donors (Lipinski definition) is 1. The summed E-state index contributed by atoms with van der Waals surface area (Å²) in [4.78, 5) is 38.4. The number of alkyl carbamates (subject to hydrolysis) is 1. The molecule has 9 heteroatoms. The standard InChI is InChI=1S/C18H20FN3O5/c1-26-17(24)20-7-13-9-21(18(25)27-13)12-4-11-5-15(23)22(8-10-2-3-10)16(11)14(19)6-12/h4,6,10,13H,2-3,5,7-9H2,1H3,(H,20,24). The van der Waals surface area contributed by atoms with Gasteiger partial charge in [-0.1, -0.05) is 0 Å². The Morgan fingerprint density at radius 2 is 2.15 bits per heavy atom. The lowest BCUT2D eigenvalue weighted by atomic mass is 10.1. The lowest BCUT2D eigenvalue weighted by Gasteiger charge is -2.19. The number of nitrogens with zero attached hydrogens (tertiary/aromatic N) is 2. The van der Waals surface area contributed by atoms with Crippen LogP contribution >= 0.6 is 0 Å². The molecule has 1 unspecified atom stereocenters. The van der Waals surface area contributed by atoms with Gasteiger partial charge in [0.2, 0.25) is 5.91 Å². The van der Waals surface area contributed by atoms with Crippen molar-refractivity contribution < 1.29 is 28.2 Å². The molecule has 1 N–H and O–H groups in total. The van der Waals surface area contributed by atoms with Crippen LogP contribution in [-0.4, -0.2) is 50.9 Å². The maximum atomic E-state index is 14.8. The van der Waals surface area contributed by atoms with Crippen molar-refractivity contribution >= 4 is 29.5 Å². The molecule has 2 aliphatic heterocycles. The van der Waals surface area contributed by atoms with Crippen LogP contribution in [0, 0.1) is 11.7 Å². The zero-order valence-corrected chi connectivity index (χ0v) is 14.9. The fraction of sp³-hybridized carbons (Fsp3) is 0.500. The van der Waals surface area contributed by atoms with Crippen molar-refractivity contribution in [1.82, 2.24) is 5.32 Å². The van der Waals surface area contributed by atoms with E-state index in [-0.39, 0.29) is 25.4 Å². The first-order valence-electron chi connectivity index (χ1n) is 8.89. The number of amides is 3. The molecular formula is C18H20FN3O5. The molecular weight excluding hydrogens is 357 g/mol. The summed E-state index contributed by atoms with van der Waals surface area (Å²) in [6.45, 7) is 0.811. The average molecular weight is 377 g/mol. The monoisotopic (exact) mass is 377 g/mol. The lowest BCUT2D eigenvalue weighted by molar-refractivity contribution is -0.117. The van der Waals surface area contributed by atoms with E-state index in [0.29, 0.717) is 29.4 Å². The minimum absolute atomic E-state index is 0.0932. The van der Waals surface area contributed by atoms with Crippen LogP contribution in [0.4, 0.5) is 25.4 Å². The molecule has 27 heavy (non-hydrogen) atoms. The number of benzene rings is 1. The third-order valence-electron chi connectivity index (χ3n) is 5.02. The van der Waals surface area contributed by atoms with Crippen LogP contribution in [0.25, 0.3) is 0 Å². The first-order valence-corrected chi connectivity index (χ1v) is 8.89.